The van der Waals surface area contributed by atoms with E-state index in [-0.39, 0.29) is 5.78 Å². The third-order valence-corrected chi connectivity index (χ3v) is 6.97. The van der Waals surface area contributed by atoms with Crippen LogP contribution in [0.2, 0.25) is 0 Å². The van der Waals surface area contributed by atoms with Gasteiger partial charge < -0.3 is 9.55 Å². The normalized spacial score (nSPS) is 12.2. The summed E-state index contributed by atoms with van der Waals surface area (Å²) in [5, 5.41) is 10.2. The van der Waals surface area contributed by atoms with Crippen LogP contribution in [0.3, 0.4) is 0 Å². The number of carbonyl (C=O) groups excluding carboxylic acids is 1. The summed E-state index contributed by atoms with van der Waals surface area (Å²) in [6.45, 7) is 2.82. The van der Waals surface area contributed by atoms with Gasteiger partial charge in [-0.3, -0.25) is 4.79 Å². The molecule has 1 atom stereocenters. The Balaban J connectivity index is 1.50. The number of carbonyl (C=O) groups is 1. The molecule has 1 N–H and O–H groups in total. The van der Waals surface area contributed by atoms with Gasteiger partial charge in [0.15, 0.2) is 10.9 Å². The van der Waals surface area contributed by atoms with E-state index in [4.69, 9.17) is 0 Å². The SMILES string of the molecule is CCn1c(Cc2ccccc2)nnc1SC(C(=O)c1c[nH]c2ccccc12)c1ccccc1. The number of Topliss-reactive ketones (excluding diaryl/α,β-unsaturated/α-hetero) is 1. The van der Waals surface area contributed by atoms with Crippen molar-refractivity contribution in [2.45, 2.75) is 30.3 Å². The number of fused-ring (bicyclic) bond motifs is 1. The van der Waals surface area contributed by atoms with Crippen molar-refractivity contribution in [1.29, 1.82) is 0 Å². The van der Waals surface area contributed by atoms with Crippen LogP contribution in [0.4, 0.5) is 0 Å². The van der Waals surface area contributed by atoms with E-state index >= 15 is 0 Å². The zero-order valence-corrected chi connectivity index (χ0v) is 19.1. The van der Waals surface area contributed by atoms with Gasteiger partial charge in [-0.2, -0.15) is 0 Å². The molecule has 0 aliphatic heterocycles. The van der Waals surface area contributed by atoms with E-state index in [1.165, 1.54) is 17.3 Å². The Bertz CT molecular complexity index is 1380. The first kappa shape index (κ1) is 21.2. The van der Waals surface area contributed by atoms with Crippen LogP contribution in [0, 0.1) is 0 Å². The largest absolute Gasteiger partial charge is 0.360 e. The summed E-state index contributed by atoms with van der Waals surface area (Å²) in [5.41, 5.74) is 3.79. The molecule has 5 nitrogen and oxygen atoms in total. The Morgan fingerprint density at radius 1 is 0.939 bits per heavy atom. The van der Waals surface area contributed by atoms with E-state index in [1.54, 1.807) is 0 Å². The average molecular weight is 453 g/mol. The van der Waals surface area contributed by atoms with Crippen LogP contribution in [-0.4, -0.2) is 25.5 Å². The summed E-state index contributed by atoms with van der Waals surface area (Å²) in [6, 6.07) is 28.1. The standard InChI is InChI=1S/C27H24N4OS/c1-2-31-24(17-19-11-5-3-6-12-19)29-30-27(31)33-26(20-13-7-4-8-14-20)25(32)22-18-28-23-16-10-9-15-21(22)23/h3-16,18,26,28H,2,17H2,1H3. The monoisotopic (exact) mass is 452 g/mol. The lowest BCUT2D eigenvalue weighted by Crippen LogP contribution is -2.12. The Morgan fingerprint density at radius 3 is 2.39 bits per heavy atom. The van der Waals surface area contributed by atoms with Crippen LogP contribution < -0.4 is 0 Å². The van der Waals surface area contributed by atoms with Crippen molar-refractivity contribution < 1.29 is 4.79 Å². The van der Waals surface area contributed by atoms with Crippen molar-refractivity contribution in [3.8, 4) is 0 Å². The molecule has 0 amide bonds. The van der Waals surface area contributed by atoms with Crippen LogP contribution in [-0.2, 0) is 13.0 Å². The number of aromatic nitrogens is 4. The lowest BCUT2D eigenvalue weighted by atomic mass is 10.0. The minimum atomic E-state index is -0.426. The highest BCUT2D eigenvalue weighted by atomic mass is 32.2. The first-order valence-electron chi connectivity index (χ1n) is 11.0. The van der Waals surface area contributed by atoms with Gasteiger partial charge in [0.25, 0.3) is 0 Å². The van der Waals surface area contributed by atoms with E-state index in [2.05, 4.69) is 38.8 Å². The number of nitrogens with zero attached hydrogens (tertiary/aromatic N) is 3. The van der Waals surface area contributed by atoms with Gasteiger partial charge in [-0.05, 0) is 24.1 Å². The molecule has 0 radical (unpaired) electrons. The number of benzene rings is 3. The number of ketones is 1. The smallest absolute Gasteiger partial charge is 0.192 e. The topological polar surface area (TPSA) is 63.6 Å². The second-order valence-electron chi connectivity index (χ2n) is 7.83. The van der Waals surface area contributed by atoms with Crippen molar-refractivity contribution in [2.75, 3.05) is 0 Å². The fraction of sp³-hybridized carbons (Fsp3) is 0.148. The minimum Gasteiger partial charge on any atom is -0.360 e. The molecule has 5 rings (SSSR count). The van der Waals surface area contributed by atoms with Gasteiger partial charge in [-0.15, -0.1) is 10.2 Å². The molecule has 1 unspecified atom stereocenters. The van der Waals surface area contributed by atoms with Gasteiger partial charge in [0.2, 0.25) is 0 Å². The summed E-state index contributed by atoms with van der Waals surface area (Å²) in [6.07, 6.45) is 2.52. The van der Waals surface area contributed by atoms with E-state index in [0.717, 1.165) is 34.0 Å². The highest BCUT2D eigenvalue weighted by molar-refractivity contribution is 8.00. The molecule has 33 heavy (non-hydrogen) atoms. The zero-order chi connectivity index (χ0) is 22.6. The number of rotatable bonds is 8. The second-order valence-corrected chi connectivity index (χ2v) is 8.90. The number of thioether (sulfide) groups is 1. The summed E-state index contributed by atoms with van der Waals surface area (Å²) < 4.78 is 2.11. The fourth-order valence-electron chi connectivity index (χ4n) is 4.06. The number of hydrogen-bond acceptors (Lipinski definition) is 4. The highest BCUT2D eigenvalue weighted by Gasteiger charge is 2.28. The summed E-state index contributed by atoms with van der Waals surface area (Å²) >= 11 is 1.47. The summed E-state index contributed by atoms with van der Waals surface area (Å²) in [4.78, 5) is 17.1. The predicted octanol–water partition coefficient (Wildman–Crippen LogP) is 6.09. The van der Waals surface area contributed by atoms with Gasteiger partial charge in [-0.1, -0.05) is 90.6 Å². The molecular weight excluding hydrogens is 428 g/mol. The Hall–Kier alpha value is -3.64. The second kappa shape index (κ2) is 9.46. The molecule has 2 heterocycles. The molecule has 0 saturated carbocycles. The molecule has 164 valence electrons. The number of hydrogen-bond donors (Lipinski definition) is 1. The Labute approximate surface area is 196 Å². The van der Waals surface area contributed by atoms with Crippen LogP contribution in [0.1, 0.15) is 39.5 Å². The lowest BCUT2D eigenvalue weighted by molar-refractivity contribution is 0.0991. The molecule has 0 bridgehead atoms. The average Bonchev–Trinajstić information content (AvgIpc) is 3.47. The quantitative estimate of drug-likeness (QED) is 0.229. The third kappa shape index (κ3) is 4.34. The number of aromatic amines is 1. The molecule has 2 aromatic heterocycles. The number of para-hydroxylation sites is 1. The minimum absolute atomic E-state index is 0.0545. The zero-order valence-electron chi connectivity index (χ0n) is 18.3. The molecule has 0 fully saturated rings. The fourth-order valence-corrected chi connectivity index (χ4v) is 5.24. The highest BCUT2D eigenvalue weighted by Crippen LogP contribution is 2.38. The Morgan fingerprint density at radius 2 is 1.64 bits per heavy atom. The van der Waals surface area contributed by atoms with Crippen LogP contribution >= 0.6 is 11.8 Å². The Kier molecular flexibility index (Phi) is 6.09. The van der Waals surface area contributed by atoms with Crippen molar-refractivity contribution in [3.05, 3.63) is 114 Å². The lowest BCUT2D eigenvalue weighted by Gasteiger charge is -2.16. The summed E-state index contributed by atoms with van der Waals surface area (Å²) in [5.74, 6) is 0.955. The molecule has 0 aliphatic carbocycles. The van der Waals surface area contributed by atoms with Crippen LogP contribution in [0.5, 0.6) is 0 Å². The number of nitrogens with one attached hydrogen (secondary N) is 1. The van der Waals surface area contributed by atoms with E-state index < -0.39 is 5.25 Å². The molecule has 0 aliphatic rings. The van der Waals surface area contributed by atoms with Crippen molar-refractivity contribution in [2.24, 2.45) is 0 Å². The maximum Gasteiger partial charge on any atom is 0.192 e. The van der Waals surface area contributed by atoms with E-state index in [0.29, 0.717) is 12.0 Å². The van der Waals surface area contributed by atoms with Gasteiger partial charge >= 0.3 is 0 Å². The van der Waals surface area contributed by atoms with Crippen molar-refractivity contribution >= 4 is 28.4 Å². The van der Waals surface area contributed by atoms with Crippen molar-refractivity contribution in [3.63, 3.8) is 0 Å². The maximum atomic E-state index is 13.8. The molecule has 3 aromatic carbocycles. The van der Waals surface area contributed by atoms with Crippen molar-refractivity contribution in [1.82, 2.24) is 19.7 Å². The molecule has 6 heteroatoms. The maximum absolute atomic E-state index is 13.8. The molecule has 0 saturated heterocycles. The first-order chi connectivity index (χ1) is 16.2. The third-order valence-electron chi connectivity index (χ3n) is 5.73. The molecule has 0 spiro atoms. The van der Waals surface area contributed by atoms with Gasteiger partial charge in [-0.25, -0.2) is 0 Å². The molecular formula is C27H24N4OS. The van der Waals surface area contributed by atoms with Crippen LogP contribution in [0.25, 0.3) is 10.9 Å². The van der Waals surface area contributed by atoms with E-state index in [1.807, 2.05) is 79.0 Å². The van der Waals surface area contributed by atoms with Gasteiger partial charge in [0.05, 0.1) is 0 Å². The summed E-state index contributed by atoms with van der Waals surface area (Å²) in [7, 11) is 0. The number of H-pyrrole nitrogens is 1. The van der Waals surface area contributed by atoms with E-state index in [9.17, 15) is 4.79 Å². The van der Waals surface area contributed by atoms with Crippen LogP contribution in [0.15, 0.2) is 96.3 Å². The van der Waals surface area contributed by atoms with Gasteiger partial charge in [0.1, 0.15) is 11.1 Å². The van der Waals surface area contributed by atoms with Gasteiger partial charge in [0, 0.05) is 35.6 Å². The molecule has 5 aromatic rings. The first-order valence-corrected chi connectivity index (χ1v) is 11.9. The predicted molar refractivity (Wildman–Crippen MR) is 133 cm³/mol.